The molecular formula is C22H20ClFN2O3S2. The third kappa shape index (κ3) is 6.40. The Morgan fingerprint density at radius 2 is 1.77 bits per heavy atom. The van der Waals surface area contributed by atoms with Crippen LogP contribution in [-0.4, -0.2) is 25.8 Å². The van der Waals surface area contributed by atoms with E-state index in [9.17, 15) is 17.6 Å². The van der Waals surface area contributed by atoms with E-state index in [0.29, 0.717) is 23.1 Å². The van der Waals surface area contributed by atoms with Crippen LogP contribution in [-0.2, 0) is 27.8 Å². The molecule has 1 N–H and O–H groups in total. The van der Waals surface area contributed by atoms with Crippen LogP contribution in [0.25, 0.3) is 0 Å². The van der Waals surface area contributed by atoms with Gasteiger partial charge in [-0.15, -0.1) is 17.9 Å². The SMILES string of the molecule is C=CCN(Cc1ccc(Cl)s1)C(=O)Cc1ccc(NS(=O)(=O)c2ccc(F)cc2)cc1. The molecule has 31 heavy (non-hydrogen) atoms. The minimum absolute atomic E-state index is 0.0399. The number of carbonyl (C=O) groups is 1. The van der Waals surface area contributed by atoms with Crippen LogP contribution in [0.5, 0.6) is 0 Å². The highest BCUT2D eigenvalue weighted by atomic mass is 35.5. The molecule has 1 amide bonds. The van der Waals surface area contributed by atoms with Gasteiger partial charge in [-0.3, -0.25) is 9.52 Å². The van der Waals surface area contributed by atoms with Gasteiger partial charge in [-0.25, -0.2) is 12.8 Å². The number of carbonyl (C=O) groups excluding carboxylic acids is 1. The first kappa shape index (κ1) is 23.0. The summed E-state index contributed by atoms with van der Waals surface area (Å²) in [6.07, 6.45) is 1.83. The number of amides is 1. The molecule has 0 aliphatic carbocycles. The lowest BCUT2D eigenvalue weighted by Gasteiger charge is -2.20. The van der Waals surface area contributed by atoms with Crippen LogP contribution in [0.1, 0.15) is 10.4 Å². The maximum Gasteiger partial charge on any atom is 0.261 e. The highest BCUT2D eigenvalue weighted by Gasteiger charge is 2.16. The van der Waals surface area contributed by atoms with Gasteiger partial charge in [0.1, 0.15) is 5.82 Å². The first-order chi connectivity index (χ1) is 14.8. The van der Waals surface area contributed by atoms with E-state index in [0.717, 1.165) is 22.6 Å². The molecule has 0 unspecified atom stereocenters. The maximum absolute atomic E-state index is 13.0. The maximum atomic E-state index is 13.0. The molecule has 3 aromatic rings. The zero-order valence-corrected chi connectivity index (χ0v) is 18.8. The minimum atomic E-state index is -3.83. The van der Waals surface area contributed by atoms with Crippen molar-refractivity contribution in [3.63, 3.8) is 0 Å². The lowest BCUT2D eigenvalue weighted by Crippen LogP contribution is -2.31. The standard InChI is InChI=1S/C22H20ClFN2O3S2/c1-2-13-26(15-19-9-12-21(23)30-19)22(27)14-16-3-7-18(8-4-16)25-31(28,29)20-10-5-17(24)6-11-20/h2-12,25H,1,13-15H2. The molecule has 0 fully saturated rings. The third-order valence-electron chi connectivity index (χ3n) is 4.36. The second kappa shape index (κ2) is 10.1. The Bertz CT molecular complexity index is 1160. The van der Waals surface area contributed by atoms with Crippen LogP contribution in [0, 0.1) is 5.82 Å². The molecule has 162 valence electrons. The molecule has 1 aromatic heterocycles. The summed E-state index contributed by atoms with van der Waals surface area (Å²) < 4.78 is 40.9. The van der Waals surface area contributed by atoms with E-state index in [1.165, 1.54) is 23.5 Å². The summed E-state index contributed by atoms with van der Waals surface area (Å²) in [7, 11) is -3.83. The fourth-order valence-corrected chi connectivity index (χ4v) is 5.00. The van der Waals surface area contributed by atoms with Crippen LogP contribution in [0.2, 0.25) is 4.34 Å². The number of rotatable bonds is 9. The van der Waals surface area contributed by atoms with Gasteiger partial charge in [0.15, 0.2) is 0 Å². The molecule has 0 spiro atoms. The Morgan fingerprint density at radius 3 is 2.35 bits per heavy atom. The van der Waals surface area contributed by atoms with E-state index < -0.39 is 15.8 Å². The van der Waals surface area contributed by atoms with E-state index in [1.807, 2.05) is 6.07 Å². The van der Waals surface area contributed by atoms with Gasteiger partial charge in [0.2, 0.25) is 5.91 Å². The summed E-state index contributed by atoms with van der Waals surface area (Å²) in [5.74, 6) is -0.593. The van der Waals surface area contributed by atoms with Crippen molar-refractivity contribution in [2.75, 3.05) is 11.3 Å². The van der Waals surface area contributed by atoms with Gasteiger partial charge >= 0.3 is 0 Å². The zero-order chi connectivity index (χ0) is 22.4. The molecule has 2 aromatic carbocycles. The van der Waals surface area contributed by atoms with Crippen LogP contribution in [0.3, 0.4) is 0 Å². The number of halogens is 2. The largest absolute Gasteiger partial charge is 0.334 e. The first-order valence-corrected chi connectivity index (χ1v) is 11.9. The molecule has 0 saturated heterocycles. The minimum Gasteiger partial charge on any atom is -0.334 e. The number of nitrogens with zero attached hydrogens (tertiary/aromatic N) is 1. The number of sulfonamides is 1. The highest BCUT2D eigenvalue weighted by molar-refractivity contribution is 7.92. The van der Waals surface area contributed by atoms with E-state index in [1.54, 1.807) is 41.3 Å². The monoisotopic (exact) mass is 478 g/mol. The quantitative estimate of drug-likeness (QED) is 0.435. The van der Waals surface area contributed by atoms with Crippen LogP contribution < -0.4 is 4.72 Å². The van der Waals surface area contributed by atoms with Crippen molar-refractivity contribution in [3.05, 3.63) is 93.9 Å². The van der Waals surface area contributed by atoms with Gasteiger partial charge in [-0.1, -0.05) is 29.8 Å². The van der Waals surface area contributed by atoms with Crippen molar-refractivity contribution in [2.24, 2.45) is 0 Å². The predicted molar refractivity (Wildman–Crippen MR) is 122 cm³/mol. The Labute approximate surface area is 189 Å². The normalized spacial score (nSPS) is 11.2. The van der Waals surface area contributed by atoms with Gasteiger partial charge in [-0.05, 0) is 54.1 Å². The smallest absolute Gasteiger partial charge is 0.261 e. The fraction of sp³-hybridized carbons (Fsp3) is 0.136. The second-order valence-corrected chi connectivity index (χ2v) is 10.2. The lowest BCUT2D eigenvalue weighted by atomic mass is 10.1. The van der Waals surface area contributed by atoms with Crippen molar-refractivity contribution in [2.45, 2.75) is 17.9 Å². The number of hydrogen-bond donors (Lipinski definition) is 1. The average molecular weight is 479 g/mol. The Morgan fingerprint density at radius 1 is 1.10 bits per heavy atom. The molecule has 0 saturated carbocycles. The number of anilines is 1. The molecule has 0 atom stereocenters. The molecule has 9 heteroatoms. The number of benzene rings is 2. The zero-order valence-electron chi connectivity index (χ0n) is 16.4. The first-order valence-electron chi connectivity index (χ1n) is 9.27. The van der Waals surface area contributed by atoms with Crippen LogP contribution in [0.4, 0.5) is 10.1 Å². The molecular weight excluding hydrogens is 459 g/mol. The van der Waals surface area contributed by atoms with E-state index in [4.69, 9.17) is 11.6 Å². The van der Waals surface area contributed by atoms with Gasteiger partial charge in [0.05, 0.1) is 22.2 Å². The van der Waals surface area contributed by atoms with Crippen molar-refractivity contribution in [1.29, 1.82) is 0 Å². The fourth-order valence-electron chi connectivity index (χ4n) is 2.84. The molecule has 1 heterocycles. The van der Waals surface area contributed by atoms with Crippen molar-refractivity contribution in [3.8, 4) is 0 Å². The summed E-state index contributed by atoms with van der Waals surface area (Å²) in [6, 6.07) is 14.8. The van der Waals surface area contributed by atoms with E-state index >= 15 is 0 Å². The molecule has 0 bridgehead atoms. The predicted octanol–water partition coefficient (Wildman–Crippen LogP) is 5.10. The van der Waals surface area contributed by atoms with Gasteiger partial charge < -0.3 is 4.90 Å². The van der Waals surface area contributed by atoms with Gasteiger partial charge in [-0.2, -0.15) is 0 Å². The number of thiophene rings is 1. The molecule has 5 nitrogen and oxygen atoms in total. The summed E-state index contributed by atoms with van der Waals surface area (Å²) in [4.78, 5) is 15.4. The van der Waals surface area contributed by atoms with E-state index in [2.05, 4.69) is 11.3 Å². The summed E-state index contributed by atoms with van der Waals surface area (Å²) >= 11 is 7.39. The van der Waals surface area contributed by atoms with Crippen molar-refractivity contribution >= 4 is 44.6 Å². The topological polar surface area (TPSA) is 66.5 Å². The molecule has 3 rings (SSSR count). The average Bonchev–Trinajstić information content (AvgIpc) is 3.14. The summed E-state index contributed by atoms with van der Waals surface area (Å²) in [5, 5.41) is 0. The Hall–Kier alpha value is -2.68. The van der Waals surface area contributed by atoms with Crippen LogP contribution >= 0.6 is 22.9 Å². The van der Waals surface area contributed by atoms with Gasteiger partial charge in [0, 0.05) is 17.1 Å². The van der Waals surface area contributed by atoms with Crippen molar-refractivity contribution < 1.29 is 17.6 Å². The molecule has 0 radical (unpaired) electrons. The van der Waals surface area contributed by atoms with Gasteiger partial charge in [0.25, 0.3) is 10.0 Å². The second-order valence-electron chi connectivity index (χ2n) is 6.70. The highest BCUT2D eigenvalue weighted by Crippen LogP contribution is 2.23. The van der Waals surface area contributed by atoms with Crippen LogP contribution in [0.15, 0.2) is 78.2 Å². The molecule has 0 aliphatic heterocycles. The van der Waals surface area contributed by atoms with E-state index in [-0.39, 0.29) is 17.2 Å². The summed E-state index contributed by atoms with van der Waals surface area (Å²) in [6.45, 7) is 4.56. The molecule has 0 aliphatic rings. The summed E-state index contributed by atoms with van der Waals surface area (Å²) in [5.41, 5.74) is 1.09. The third-order valence-corrected chi connectivity index (χ3v) is 6.98. The number of hydrogen-bond acceptors (Lipinski definition) is 4. The van der Waals surface area contributed by atoms with Crippen molar-refractivity contribution in [1.82, 2.24) is 4.90 Å². The number of nitrogens with one attached hydrogen (secondary N) is 1. The Balaban J connectivity index is 1.65. The Kier molecular flexibility index (Phi) is 7.48. The lowest BCUT2D eigenvalue weighted by molar-refractivity contribution is -0.130.